The molecule has 0 aromatic heterocycles. The normalized spacial score (nSPS) is 27.5. The van der Waals surface area contributed by atoms with E-state index >= 15 is 0 Å². The molecule has 0 spiro atoms. The summed E-state index contributed by atoms with van der Waals surface area (Å²) in [5.74, 6) is 0.980. The molecule has 0 aliphatic heterocycles. The Morgan fingerprint density at radius 2 is 1.82 bits per heavy atom. The lowest BCUT2D eigenvalue weighted by Gasteiger charge is -2.38. The molecule has 0 radical (unpaired) electrons. The number of benzene rings is 1. The van der Waals surface area contributed by atoms with Crippen molar-refractivity contribution in [1.29, 1.82) is 0 Å². The Kier molecular flexibility index (Phi) is 4.32. The number of ketones is 1. The first-order valence-electron chi connectivity index (χ1n) is 8.39. The molecule has 1 aromatic rings. The maximum Gasteiger partial charge on any atom is 0.225 e. The summed E-state index contributed by atoms with van der Waals surface area (Å²) in [5.41, 5.74) is 2.42. The number of aryl methyl sites for hydroxylation is 1. The van der Waals surface area contributed by atoms with E-state index in [-0.39, 0.29) is 23.7 Å². The van der Waals surface area contributed by atoms with Gasteiger partial charge in [0.1, 0.15) is 5.78 Å². The van der Waals surface area contributed by atoms with E-state index in [0.29, 0.717) is 12.3 Å². The van der Waals surface area contributed by atoms with Gasteiger partial charge in [-0.3, -0.25) is 9.59 Å². The Labute approximate surface area is 132 Å². The highest BCUT2D eigenvalue weighted by Crippen LogP contribution is 2.40. The van der Waals surface area contributed by atoms with Gasteiger partial charge in [-0.1, -0.05) is 30.7 Å². The highest BCUT2D eigenvalue weighted by atomic mass is 16.2. The minimum Gasteiger partial charge on any atom is -0.341 e. The van der Waals surface area contributed by atoms with Crippen LogP contribution in [0, 0.1) is 24.7 Å². The maximum absolute atomic E-state index is 12.8. The fourth-order valence-electron chi connectivity index (χ4n) is 4.11. The third-order valence-corrected chi connectivity index (χ3v) is 5.44. The summed E-state index contributed by atoms with van der Waals surface area (Å²) < 4.78 is 0. The van der Waals surface area contributed by atoms with Gasteiger partial charge in [0.25, 0.3) is 0 Å². The molecule has 1 amide bonds. The molecule has 0 saturated heterocycles. The second-order valence-corrected chi connectivity index (χ2v) is 7.02. The van der Waals surface area contributed by atoms with Crippen LogP contribution in [-0.2, 0) is 16.1 Å². The predicted octanol–water partition coefficient (Wildman–Crippen LogP) is 3.35. The third kappa shape index (κ3) is 2.94. The molecular weight excluding hydrogens is 274 g/mol. The van der Waals surface area contributed by atoms with Gasteiger partial charge in [0.2, 0.25) is 5.91 Å². The maximum atomic E-state index is 12.8. The van der Waals surface area contributed by atoms with E-state index in [1.54, 1.807) is 0 Å². The number of hydrogen-bond acceptors (Lipinski definition) is 2. The van der Waals surface area contributed by atoms with Gasteiger partial charge in [-0.05, 0) is 43.7 Å². The zero-order chi connectivity index (χ0) is 15.7. The number of carbonyl (C=O) groups is 2. The lowest BCUT2D eigenvalue weighted by molar-refractivity contribution is -0.142. The van der Waals surface area contributed by atoms with E-state index in [9.17, 15) is 9.59 Å². The number of carbonyl (C=O) groups excluding carboxylic acids is 2. The van der Waals surface area contributed by atoms with Crippen molar-refractivity contribution in [2.24, 2.45) is 17.8 Å². The van der Waals surface area contributed by atoms with Gasteiger partial charge in [0.15, 0.2) is 0 Å². The van der Waals surface area contributed by atoms with Crippen LogP contribution < -0.4 is 0 Å². The molecule has 2 aliphatic carbocycles. The summed E-state index contributed by atoms with van der Waals surface area (Å²) in [5, 5.41) is 0. The largest absolute Gasteiger partial charge is 0.341 e. The molecule has 2 aliphatic rings. The molecule has 2 fully saturated rings. The molecule has 118 valence electrons. The first-order valence-corrected chi connectivity index (χ1v) is 8.39. The standard InChI is InChI=1S/C19H25NO2/c1-13-6-3-4-7-16(13)12-20(2)19(22)17-10-14-8-5-9-15(11-17)18(14)21/h3-4,6-7,14-15,17H,5,8-12H2,1-2H3. The number of hydrogen-bond donors (Lipinski definition) is 0. The smallest absolute Gasteiger partial charge is 0.225 e. The Bertz CT molecular complexity index is 565. The van der Waals surface area contributed by atoms with E-state index in [1.165, 1.54) is 11.1 Å². The van der Waals surface area contributed by atoms with Crippen LogP contribution in [0.4, 0.5) is 0 Å². The van der Waals surface area contributed by atoms with Crippen molar-refractivity contribution in [1.82, 2.24) is 4.90 Å². The Balaban J connectivity index is 1.66. The van der Waals surface area contributed by atoms with Crippen LogP contribution in [0.3, 0.4) is 0 Å². The summed E-state index contributed by atoms with van der Waals surface area (Å²) in [6.07, 6.45) is 4.67. The van der Waals surface area contributed by atoms with Crippen LogP contribution in [0.5, 0.6) is 0 Å². The Hall–Kier alpha value is -1.64. The van der Waals surface area contributed by atoms with Gasteiger partial charge < -0.3 is 4.90 Å². The molecule has 22 heavy (non-hydrogen) atoms. The number of Topliss-reactive ketones (excluding diaryl/α,β-unsaturated/α-hetero) is 1. The van der Waals surface area contributed by atoms with Crippen molar-refractivity contribution in [3.8, 4) is 0 Å². The summed E-state index contributed by atoms with van der Waals surface area (Å²) >= 11 is 0. The van der Waals surface area contributed by atoms with E-state index in [2.05, 4.69) is 19.1 Å². The van der Waals surface area contributed by atoms with E-state index in [4.69, 9.17) is 0 Å². The molecule has 2 saturated carbocycles. The fourth-order valence-corrected chi connectivity index (χ4v) is 4.11. The minimum absolute atomic E-state index is 0.0435. The van der Waals surface area contributed by atoms with Gasteiger partial charge in [0, 0.05) is 31.3 Å². The molecular formula is C19H25NO2. The fraction of sp³-hybridized carbons (Fsp3) is 0.579. The zero-order valence-electron chi connectivity index (χ0n) is 13.5. The van der Waals surface area contributed by atoms with Gasteiger partial charge in [-0.25, -0.2) is 0 Å². The minimum atomic E-state index is 0.0435. The van der Waals surface area contributed by atoms with Crippen molar-refractivity contribution in [2.45, 2.75) is 45.6 Å². The van der Waals surface area contributed by atoms with Crippen molar-refractivity contribution in [3.05, 3.63) is 35.4 Å². The van der Waals surface area contributed by atoms with Crippen LogP contribution in [0.2, 0.25) is 0 Å². The summed E-state index contributed by atoms with van der Waals surface area (Å²) in [6, 6.07) is 8.20. The van der Waals surface area contributed by atoms with Gasteiger partial charge >= 0.3 is 0 Å². The average molecular weight is 299 g/mol. The lowest BCUT2D eigenvalue weighted by Crippen LogP contribution is -2.43. The highest BCUT2D eigenvalue weighted by Gasteiger charge is 2.41. The molecule has 0 heterocycles. The van der Waals surface area contributed by atoms with E-state index < -0.39 is 0 Å². The molecule has 2 unspecified atom stereocenters. The molecule has 3 nitrogen and oxygen atoms in total. The SMILES string of the molecule is Cc1ccccc1CN(C)C(=O)C1CC2CCCC(C1)C2=O. The van der Waals surface area contributed by atoms with Gasteiger partial charge in [0.05, 0.1) is 0 Å². The van der Waals surface area contributed by atoms with Crippen LogP contribution in [-0.4, -0.2) is 23.6 Å². The molecule has 0 N–H and O–H groups in total. The summed E-state index contributed by atoms with van der Waals surface area (Å²) in [7, 11) is 1.89. The molecule has 3 heteroatoms. The second-order valence-electron chi connectivity index (χ2n) is 7.02. The van der Waals surface area contributed by atoms with E-state index in [0.717, 1.165) is 32.1 Å². The van der Waals surface area contributed by atoms with Crippen molar-refractivity contribution >= 4 is 11.7 Å². The van der Waals surface area contributed by atoms with Crippen molar-refractivity contribution in [3.63, 3.8) is 0 Å². The second kappa shape index (κ2) is 6.23. The summed E-state index contributed by atoms with van der Waals surface area (Å²) in [4.78, 5) is 26.8. The number of nitrogens with zero attached hydrogens (tertiary/aromatic N) is 1. The first-order chi connectivity index (χ1) is 10.6. The van der Waals surface area contributed by atoms with Crippen molar-refractivity contribution in [2.75, 3.05) is 7.05 Å². The van der Waals surface area contributed by atoms with Gasteiger partial charge in [-0.15, -0.1) is 0 Å². The monoisotopic (exact) mass is 299 g/mol. The zero-order valence-corrected chi connectivity index (χ0v) is 13.5. The topological polar surface area (TPSA) is 37.4 Å². The Morgan fingerprint density at radius 1 is 1.18 bits per heavy atom. The Morgan fingerprint density at radius 3 is 2.45 bits per heavy atom. The number of rotatable bonds is 3. The molecule has 2 bridgehead atoms. The lowest BCUT2D eigenvalue weighted by atomic mass is 9.67. The average Bonchev–Trinajstić information content (AvgIpc) is 2.48. The first kappa shape index (κ1) is 15.3. The van der Waals surface area contributed by atoms with Crippen LogP contribution >= 0.6 is 0 Å². The van der Waals surface area contributed by atoms with E-state index in [1.807, 2.05) is 24.1 Å². The van der Waals surface area contributed by atoms with Gasteiger partial charge in [-0.2, -0.15) is 0 Å². The van der Waals surface area contributed by atoms with Crippen LogP contribution in [0.25, 0.3) is 0 Å². The number of amides is 1. The molecule has 3 rings (SSSR count). The van der Waals surface area contributed by atoms with Crippen LogP contribution in [0.15, 0.2) is 24.3 Å². The highest BCUT2D eigenvalue weighted by molar-refractivity contribution is 5.88. The predicted molar refractivity (Wildman–Crippen MR) is 86.2 cm³/mol. The third-order valence-electron chi connectivity index (χ3n) is 5.44. The van der Waals surface area contributed by atoms with Crippen LogP contribution in [0.1, 0.15) is 43.2 Å². The molecule has 2 atom stereocenters. The number of fused-ring (bicyclic) bond motifs is 2. The molecule has 1 aromatic carbocycles. The van der Waals surface area contributed by atoms with Crippen molar-refractivity contribution < 1.29 is 9.59 Å². The quantitative estimate of drug-likeness (QED) is 0.858. The summed E-state index contributed by atoms with van der Waals surface area (Å²) in [6.45, 7) is 2.74.